The van der Waals surface area contributed by atoms with Crippen molar-refractivity contribution in [2.45, 2.75) is 79.5 Å². The molecule has 112 valence electrons. The first-order chi connectivity index (χ1) is 9.01. The molecule has 0 rings (SSSR count). The van der Waals surface area contributed by atoms with Crippen molar-refractivity contribution >= 4 is 24.8 Å². The molecule has 0 aliphatic rings. The Labute approximate surface area is 124 Å². The fourth-order valence-corrected chi connectivity index (χ4v) is 11.0. The van der Waals surface area contributed by atoms with E-state index >= 15 is 0 Å². The number of carbonyl (C=O) groups excluding carboxylic acids is 1. The minimum atomic E-state index is -2.65. The maximum absolute atomic E-state index is 11.8. The molecule has 0 saturated heterocycles. The molecule has 0 fully saturated rings. The number of hydrogen-bond acceptors (Lipinski definition) is 2. The summed E-state index contributed by atoms with van der Waals surface area (Å²) in [6.45, 7) is 12.1. The Morgan fingerprint density at radius 2 is 1.53 bits per heavy atom. The fraction of sp³-hybridized carbons (Fsp3) is 0.812. The van der Waals surface area contributed by atoms with Crippen LogP contribution in [0.2, 0.25) is 13.3 Å². The zero-order valence-electron chi connectivity index (χ0n) is 13.4. The van der Waals surface area contributed by atoms with Gasteiger partial charge in [-0.2, -0.15) is 0 Å². The van der Waals surface area contributed by atoms with Gasteiger partial charge in [0.25, 0.3) is 0 Å². The predicted octanol–water partition coefficient (Wildman–Crippen LogP) is 5.45. The molecule has 19 heavy (non-hydrogen) atoms. The van der Waals surface area contributed by atoms with Crippen LogP contribution in [-0.2, 0) is 7.87 Å². The summed E-state index contributed by atoms with van der Waals surface area (Å²) < 4.78 is 9.28. The molecule has 0 aromatic heterocycles. The van der Waals surface area contributed by atoms with E-state index in [1.54, 1.807) is 6.92 Å². The van der Waals surface area contributed by atoms with Crippen molar-refractivity contribution < 1.29 is 7.87 Å². The first kappa shape index (κ1) is 19.0. The van der Waals surface area contributed by atoms with E-state index in [2.05, 4.69) is 27.4 Å². The normalized spacial score (nSPS) is 11.4. The van der Waals surface area contributed by atoms with E-state index in [1.807, 2.05) is 0 Å². The number of unbranched alkanes of at least 4 members (excludes halogenated alkanes) is 5. The summed E-state index contributed by atoms with van der Waals surface area (Å²) in [4.78, 5) is 11.8. The van der Waals surface area contributed by atoms with Crippen LogP contribution in [0.4, 0.5) is 0 Å². The van der Waals surface area contributed by atoms with E-state index in [-0.39, 0.29) is 5.97 Å². The number of hydrogen-bond donors (Lipinski definition) is 0. The summed E-state index contributed by atoms with van der Waals surface area (Å²) in [7, 11) is 0. The summed E-state index contributed by atoms with van der Waals surface area (Å²) in [6.07, 6.45) is 7.86. The van der Waals surface area contributed by atoms with Gasteiger partial charge >= 0.3 is 124 Å². The third-order valence-electron chi connectivity index (χ3n) is 3.93. The summed E-state index contributed by atoms with van der Waals surface area (Å²) in [5.41, 5.74) is 0.547. The van der Waals surface area contributed by atoms with Crippen LogP contribution in [0.3, 0.4) is 0 Å². The Balaban J connectivity index is 4.16. The van der Waals surface area contributed by atoms with Crippen molar-refractivity contribution in [2.75, 3.05) is 0 Å². The van der Waals surface area contributed by atoms with Gasteiger partial charge in [-0.3, -0.25) is 0 Å². The first-order valence-corrected chi connectivity index (χ1v) is 15.1. The average Bonchev–Trinajstić information content (AvgIpc) is 2.41. The molecule has 0 spiro atoms. The van der Waals surface area contributed by atoms with Gasteiger partial charge in [-0.05, 0) is 0 Å². The fourth-order valence-electron chi connectivity index (χ4n) is 2.31. The molecular weight excluding hydrogens is 343 g/mol. The Kier molecular flexibility index (Phi) is 10.8. The van der Waals surface area contributed by atoms with Crippen LogP contribution in [-0.4, -0.2) is 24.8 Å². The molecule has 0 aliphatic carbocycles. The number of carbonyl (C=O) groups is 1. The van der Waals surface area contributed by atoms with Crippen LogP contribution in [0.5, 0.6) is 0 Å². The first-order valence-electron chi connectivity index (χ1n) is 7.90. The van der Waals surface area contributed by atoms with Gasteiger partial charge in [0.05, 0.1) is 0 Å². The molecule has 0 heterocycles. The van der Waals surface area contributed by atoms with Crippen LogP contribution >= 0.6 is 0 Å². The van der Waals surface area contributed by atoms with Gasteiger partial charge in [-0.25, -0.2) is 0 Å². The molecule has 0 saturated carbocycles. The van der Waals surface area contributed by atoms with Crippen molar-refractivity contribution in [3.63, 3.8) is 0 Å². The zero-order chi connectivity index (χ0) is 14.7. The standard InChI is InChI=1S/C8H17.C4H6O2.2C2H5.Sn/c1-3-5-7-8-6-4-2;1-3(2)4(5)6;2*1-2;/h1,3-8H2,2H3;1H2,2H3,(H,5,6);2*1H2,2H3;/q;;;;+1/p-1. The van der Waals surface area contributed by atoms with Crippen molar-refractivity contribution in [3.05, 3.63) is 12.2 Å². The zero-order valence-corrected chi connectivity index (χ0v) is 16.2. The molecular formula is C16H32O2Sn. The molecule has 0 radical (unpaired) electrons. The quantitative estimate of drug-likeness (QED) is 0.273. The Morgan fingerprint density at radius 3 is 2.00 bits per heavy atom. The summed E-state index contributed by atoms with van der Waals surface area (Å²) >= 11 is -2.65. The minimum absolute atomic E-state index is 0.148. The van der Waals surface area contributed by atoms with Gasteiger partial charge in [0, 0.05) is 0 Å². The third-order valence-corrected chi connectivity index (χ3v) is 16.7. The molecule has 0 aromatic rings. The third kappa shape index (κ3) is 8.01. The van der Waals surface area contributed by atoms with E-state index in [9.17, 15) is 4.79 Å². The molecule has 0 aromatic carbocycles. The van der Waals surface area contributed by atoms with Crippen molar-refractivity contribution in [1.82, 2.24) is 0 Å². The molecule has 0 aliphatic heterocycles. The van der Waals surface area contributed by atoms with Crippen LogP contribution in [0.1, 0.15) is 66.2 Å². The Hall–Kier alpha value is 0.00870. The SMILES string of the molecule is C=C(C)C(=O)[O][Sn]([CH2]C)([CH2]C)[CH2]CCCCCCC. The van der Waals surface area contributed by atoms with Gasteiger partial charge in [-0.1, -0.05) is 0 Å². The summed E-state index contributed by atoms with van der Waals surface area (Å²) in [5, 5.41) is 0. The van der Waals surface area contributed by atoms with Gasteiger partial charge in [0.1, 0.15) is 0 Å². The van der Waals surface area contributed by atoms with Gasteiger partial charge in [0.15, 0.2) is 0 Å². The second-order valence-corrected chi connectivity index (χ2v) is 18.4. The van der Waals surface area contributed by atoms with Gasteiger partial charge in [0.2, 0.25) is 0 Å². The molecule has 0 unspecified atom stereocenters. The Bertz CT molecular complexity index is 270. The molecule has 0 bridgehead atoms. The van der Waals surface area contributed by atoms with E-state index in [0.29, 0.717) is 5.57 Å². The summed E-state index contributed by atoms with van der Waals surface area (Å²) in [5.74, 6) is -0.148. The van der Waals surface area contributed by atoms with E-state index in [1.165, 1.54) is 43.0 Å². The van der Waals surface area contributed by atoms with Crippen LogP contribution in [0.15, 0.2) is 12.2 Å². The monoisotopic (exact) mass is 376 g/mol. The average molecular weight is 375 g/mol. The van der Waals surface area contributed by atoms with E-state index in [0.717, 1.165) is 8.87 Å². The van der Waals surface area contributed by atoms with Crippen LogP contribution in [0, 0.1) is 0 Å². The molecule has 0 atom stereocenters. The molecule has 2 nitrogen and oxygen atoms in total. The summed E-state index contributed by atoms with van der Waals surface area (Å²) in [6, 6.07) is 0. The van der Waals surface area contributed by atoms with Crippen molar-refractivity contribution in [1.29, 1.82) is 0 Å². The van der Waals surface area contributed by atoms with Crippen molar-refractivity contribution in [2.24, 2.45) is 0 Å². The molecule has 0 amide bonds. The second-order valence-electron chi connectivity index (χ2n) is 5.58. The Morgan fingerprint density at radius 1 is 1.00 bits per heavy atom. The van der Waals surface area contributed by atoms with Crippen LogP contribution < -0.4 is 0 Å². The number of rotatable bonds is 11. The topological polar surface area (TPSA) is 26.3 Å². The molecule has 3 heteroatoms. The molecule has 0 N–H and O–H groups in total. The van der Waals surface area contributed by atoms with Crippen molar-refractivity contribution in [3.8, 4) is 0 Å². The van der Waals surface area contributed by atoms with E-state index < -0.39 is 18.8 Å². The predicted molar refractivity (Wildman–Crippen MR) is 85.8 cm³/mol. The van der Waals surface area contributed by atoms with Crippen LogP contribution in [0.25, 0.3) is 0 Å². The van der Waals surface area contributed by atoms with Gasteiger partial charge < -0.3 is 0 Å². The second kappa shape index (κ2) is 10.8. The maximum atomic E-state index is 11.8. The van der Waals surface area contributed by atoms with E-state index in [4.69, 9.17) is 3.07 Å². The van der Waals surface area contributed by atoms with Gasteiger partial charge in [-0.15, -0.1) is 0 Å².